The van der Waals surface area contributed by atoms with Crippen molar-refractivity contribution >= 4 is 23.2 Å². The van der Waals surface area contributed by atoms with Crippen LogP contribution in [-0.2, 0) is 0 Å². The molecule has 0 unspecified atom stereocenters. The second-order valence-corrected chi connectivity index (χ2v) is 5.10. The molecule has 0 saturated carbocycles. The lowest BCUT2D eigenvalue weighted by Crippen LogP contribution is -2.14. The Morgan fingerprint density at radius 2 is 1.08 bits per heavy atom. The highest BCUT2D eigenvalue weighted by molar-refractivity contribution is 6.06. The monoisotopic (exact) mass is 317 g/mol. The van der Waals surface area contributed by atoms with Gasteiger partial charge in [0, 0.05) is 11.1 Å². The molecule has 0 radical (unpaired) electrons. The zero-order valence-electron chi connectivity index (χ0n) is 12.8. The number of pyridine rings is 1. The minimum Gasteiger partial charge on any atom is -0.321 e. The first-order valence-electron chi connectivity index (χ1n) is 7.40. The third-order valence-corrected chi connectivity index (χ3v) is 3.33. The molecule has 1 aromatic heterocycles. The Morgan fingerprint density at radius 3 is 1.50 bits per heavy atom. The summed E-state index contributed by atoms with van der Waals surface area (Å²) in [5, 5.41) is 5.52. The van der Waals surface area contributed by atoms with Crippen molar-refractivity contribution < 1.29 is 9.59 Å². The molecule has 0 spiro atoms. The van der Waals surface area contributed by atoms with Gasteiger partial charge in [-0.1, -0.05) is 36.4 Å². The van der Waals surface area contributed by atoms with Crippen molar-refractivity contribution in [2.24, 2.45) is 0 Å². The van der Waals surface area contributed by atoms with Crippen molar-refractivity contribution in [3.63, 3.8) is 0 Å². The zero-order valence-corrected chi connectivity index (χ0v) is 12.8. The Hall–Kier alpha value is -3.47. The molecule has 0 fully saturated rings. The number of benzene rings is 2. The molecule has 0 aliphatic carbocycles. The maximum Gasteiger partial charge on any atom is 0.255 e. The number of hydrogen-bond donors (Lipinski definition) is 2. The van der Waals surface area contributed by atoms with Gasteiger partial charge in [-0.15, -0.1) is 0 Å². The number of carbonyl (C=O) groups is 2. The van der Waals surface area contributed by atoms with Crippen LogP contribution in [0.4, 0.5) is 11.4 Å². The number of amides is 2. The van der Waals surface area contributed by atoms with Gasteiger partial charge in [-0.3, -0.25) is 14.6 Å². The van der Waals surface area contributed by atoms with Gasteiger partial charge in [0.2, 0.25) is 0 Å². The standard InChI is InChI=1S/C19H15N3O2/c23-18(14-7-3-1-4-8-14)21-16-11-17(13-20-12-16)22-19(24)15-9-5-2-6-10-15/h1-13H,(H,21,23)(H,22,24). The Kier molecular flexibility index (Phi) is 4.62. The fourth-order valence-corrected chi connectivity index (χ4v) is 2.16. The molecule has 0 aliphatic heterocycles. The van der Waals surface area contributed by atoms with E-state index < -0.39 is 0 Å². The summed E-state index contributed by atoms with van der Waals surface area (Å²) >= 11 is 0. The number of aromatic nitrogens is 1. The summed E-state index contributed by atoms with van der Waals surface area (Å²) < 4.78 is 0. The molecule has 3 aromatic rings. The van der Waals surface area contributed by atoms with Crippen LogP contribution >= 0.6 is 0 Å². The van der Waals surface area contributed by atoms with Crippen molar-refractivity contribution in [2.45, 2.75) is 0 Å². The molecule has 2 amide bonds. The molecule has 3 rings (SSSR count). The van der Waals surface area contributed by atoms with E-state index in [0.717, 1.165) is 0 Å². The van der Waals surface area contributed by atoms with E-state index in [1.807, 2.05) is 12.1 Å². The molecule has 5 heteroatoms. The molecule has 0 saturated heterocycles. The number of nitrogens with zero attached hydrogens (tertiary/aromatic N) is 1. The maximum atomic E-state index is 12.1. The molecule has 1 heterocycles. The minimum absolute atomic E-state index is 0.232. The lowest BCUT2D eigenvalue weighted by Gasteiger charge is -2.08. The van der Waals surface area contributed by atoms with E-state index in [9.17, 15) is 9.59 Å². The van der Waals surface area contributed by atoms with Gasteiger partial charge in [0.05, 0.1) is 23.8 Å². The topological polar surface area (TPSA) is 71.1 Å². The van der Waals surface area contributed by atoms with Crippen molar-refractivity contribution in [2.75, 3.05) is 10.6 Å². The number of carbonyl (C=O) groups excluding carboxylic acids is 2. The third-order valence-electron chi connectivity index (χ3n) is 3.33. The number of hydrogen-bond acceptors (Lipinski definition) is 3. The van der Waals surface area contributed by atoms with Gasteiger partial charge >= 0.3 is 0 Å². The smallest absolute Gasteiger partial charge is 0.255 e. The highest BCUT2D eigenvalue weighted by Gasteiger charge is 2.08. The van der Waals surface area contributed by atoms with Crippen LogP contribution in [0.25, 0.3) is 0 Å². The Labute approximate surface area is 139 Å². The van der Waals surface area contributed by atoms with Crippen molar-refractivity contribution in [1.29, 1.82) is 0 Å². The van der Waals surface area contributed by atoms with Crippen LogP contribution in [0, 0.1) is 0 Å². The summed E-state index contributed by atoms with van der Waals surface area (Å²) in [5.74, 6) is -0.465. The second-order valence-electron chi connectivity index (χ2n) is 5.10. The minimum atomic E-state index is -0.232. The molecule has 0 bridgehead atoms. The van der Waals surface area contributed by atoms with E-state index in [-0.39, 0.29) is 11.8 Å². The molecule has 24 heavy (non-hydrogen) atoms. The molecule has 2 aromatic carbocycles. The summed E-state index contributed by atoms with van der Waals surface area (Å²) in [5.41, 5.74) is 2.12. The summed E-state index contributed by atoms with van der Waals surface area (Å²) in [6.07, 6.45) is 3.05. The van der Waals surface area contributed by atoms with Crippen LogP contribution in [0.1, 0.15) is 20.7 Å². The van der Waals surface area contributed by atoms with Gasteiger partial charge in [0.15, 0.2) is 0 Å². The highest BCUT2D eigenvalue weighted by atomic mass is 16.2. The first-order chi connectivity index (χ1) is 11.7. The fourth-order valence-electron chi connectivity index (χ4n) is 2.16. The molecule has 118 valence electrons. The lowest BCUT2D eigenvalue weighted by molar-refractivity contribution is 0.101. The van der Waals surface area contributed by atoms with E-state index in [4.69, 9.17) is 0 Å². The molecular weight excluding hydrogens is 302 g/mol. The van der Waals surface area contributed by atoms with Gasteiger partial charge in [0.25, 0.3) is 11.8 Å². The summed E-state index contributed by atoms with van der Waals surface area (Å²) in [7, 11) is 0. The van der Waals surface area contributed by atoms with Crippen LogP contribution < -0.4 is 10.6 Å². The van der Waals surface area contributed by atoms with Crippen LogP contribution in [-0.4, -0.2) is 16.8 Å². The van der Waals surface area contributed by atoms with Crippen molar-refractivity contribution in [3.05, 3.63) is 90.3 Å². The quantitative estimate of drug-likeness (QED) is 0.772. The molecule has 5 nitrogen and oxygen atoms in total. The normalized spacial score (nSPS) is 10.0. The van der Waals surface area contributed by atoms with Crippen LogP contribution in [0.15, 0.2) is 79.1 Å². The lowest BCUT2D eigenvalue weighted by atomic mass is 10.2. The molecule has 2 N–H and O–H groups in total. The zero-order chi connectivity index (χ0) is 16.8. The Bertz CT molecular complexity index is 780. The van der Waals surface area contributed by atoms with E-state index in [0.29, 0.717) is 22.5 Å². The summed E-state index contributed by atoms with van der Waals surface area (Å²) in [6.45, 7) is 0. The van der Waals surface area contributed by atoms with Crippen LogP contribution in [0.3, 0.4) is 0 Å². The molecule has 0 aliphatic rings. The first-order valence-corrected chi connectivity index (χ1v) is 7.40. The van der Waals surface area contributed by atoms with Gasteiger partial charge in [0.1, 0.15) is 0 Å². The summed E-state index contributed by atoms with van der Waals surface area (Å²) in [4.78, 5) is 28.3. The van der Waals surface area contributed by atoms with Crippen molar-refractivity contribution in [1.82, 2.24) is 4.98 Å². The predicted octanol–water partition coefficient (Wildman–Crippen LogP) is 3.59. The van der Waals surface area contributed by atoms with Crippen LogP contribution in [0.2, 0.25) is 0 Å². The number of nitrogens with one attached hydrogen (secondary N) is 2. The Morgan fingerprint density at radius 1 is 0.667 bits per heavy atom. The highest BCUT2D eigenvalue weighted by Crippen LogP contribution is 2.15. The van der Waals surface area contributed by atoms with E-state index in [2.05, 4.69) is 15.6 Å². The van der Waals surface area contributed by atoms with E-state index >= 15 is 0 Å². The van der Waals surface area contributed by atoms with E-state index in [1.54, 1.807) is 54.6 Å². The average molecular weight is 317 g/mol. The largest absolute Gasteiger partial charge is 0.321 e. The molecule has 0 atom stereocenters. The van der Waals surface area contributed by atoms with E-state index in [1.165, 1.54) is 12.4 Å². The molecular formula is C19H15N3O2. The van der Waals surface area contributed by atoms with Gasteiger partial charge in [-0.2, -0.15) is 0 Å². The number of anilines is 2. The van der Waals surface area contributed by atoms with Gasteiger partial charge in [-0.05, 0) is 30.3 Å². The fraction of sp³-hybridized carbons (Fsp3) is 0. The number of rotatable bonds is 4. The summed E-state index contributed by atoms with van der Waals surface area (Å²) in [6, 6.07) is 19.4. The average Bonchev–Trinajstić information content (AvgIpc) is 2.63. The van der Waals surface area contributed by atoms with Gasteiger partial charge in [-0.25, -0.2) is 0 Å². The van der Waals surface area contributed by atoms with Gasteiger partial charge < -0.3 is 10.6 Å². The maximum absolute atomic E-state index is 12.1. The SMILES string of the molecule is O=C(Nc1cncc(NC(=O)c2ccccc2)c1)c1ccccc1. The Balaban J connectivity index is 1.70. The van der Waals surface area contributed by atoms with Crippen LogP contribution in [0.5, 0.6) is 0 Å². The third kappa shape index (κ3) is 3.84. The first kappa shape index (κ1) is 15.4. The predicted molar refractivity (Wildman–Crippen MR) is 93.0 cm³/mol. The second kappa shape index (κ2) is 7.19. The van der Waals surface area contributed by atoms with Crippen molar-refractivity contribution in [3.8, 4) is 0 Å².